The zero-order valence-corrected chi connectivity index (χ0v) is 12.3. The van der Waals surface area contributed by atoms with Gasteiger partial charge in [-0.2, -0.15) is 0 Å². The molecule has 4 nitrogen and oxygen atoms in total. The SMILES string of the molecule is CCCNC(C)(CN1CCCC1CC)C(=O)OC. The van der Waals surface area contributed by atoms with Crippen molar-refractivity contribution in [2.24, 2.45) is 0 Å². The molecule has 1 rings (SSSR count). The summed E-state index contributed by atoms with van der Waals surface area (Å²) in [5.74, 6) is -0.155. The van der Waals surface area contributed by atoms with E-state index in [1.807, 2.05) is 6.92 Å². The van der Waals surface area contributed by atoms with Crippen LogP contribution in [-0.4, -0.2) is 49.2 Å². The number of methoxy groups -OCH3 is 1. The fraction of sp³-hybridized carbons (Fsp3) is 0.929. The minimum Gasteiger partial charge on any atom is -0.468 e. The van der Waals surface area contributed by atoms with Gasteiger partial charge in [0.2, 0.25) is 0 Å². The molecule has 0 saturated carbocycles. The Morgan fingerprint density at radius 3 is 2.78 bits per heavy atom. The highest BCUT2D eigenvalue weighted by Gasteiger charge is 2.38. The third kappa shape index (κ3) is 3.69. The van der Waals surface area contributed by atoms with Gasteiger partial charge in [-0.05, 0) is 45.7 Å². The van der Waals surface area contributed by atoms with Gasteiger partial charge in [-0.15, -0.1) is 0 Å². The molecule has 0 aromatic heterocycles. The zero-order chi connectivity index (χ0) is 13.6. The van der Waals surface area contributed by atoms with E-state index in [9.17, 15) is 4.79 Å². The molecule has 106 valence electrons. The largest absolute Gasteiger partial charge is 0.468 e. The van der Waals surface area contributed by atoms with E-state index in [0.29, 0.717) is 6.04 Å². The molecule has 1 saturated heterocycles. The van der Waals surface area contributed by atoms with E-state index in [2.05, 4.69) is 24.1 Å². The fourth-order valence-electron chi connectivity index (χ4n) is 2.79. The van der Waals surface area contributed by atoms with Crippen molar-refractivity contribution in [1.82, 2.24) is 10.2 Å². The van der Waals surface area contributed by atoms with Gasteiger partial charge in [-0.25, -0.2) is 0 Å². The van der Waals surface area contributed by atoms with E-state index in [1.54, 1.807) is 0 Å². The van der Waals surface area contributed by atoms with Crippen LogP contribution in [-0.2, 0) is 9.53 Å². The standard InChI is InChI=1S/C14H28N2O2/c1-5-9-15-14(3,13(17)18-4)11-16-10-7-8-12(16)6-2/h12,15H,5-11H2,1-4H3. The molecule has 1 aliphatic heterocycles. The van der Waals surface area contributed by atoms with Crippen molar-refractivity contribution in [3.63, 3.8) is 0 Å². The molecule has 0 amide bonds. The van der Waals surface area contributed by atoms with E-state index < -0.39 is 5.54 Å². The summed E-state index contributed by atoms with van der Waals surface area (Å²) in [4.78, 5) is 14.4. The van der Waals surface area contributed by atoms with Crippen molar-refractivity contribution in [2.75, 3.05) is 26.7 Å². The van der Waals surface area contributed by atoms with Crippen molar-refractivity contribution >= 4 is 5.97 Å². The summed E-state index contributed by atoms with van der Waals surface area (Å²) in [6.07, 6.45) is 4.67. The van der Waals surface area contributed by atoms with Crippen molar-refractivity contribution in [2.45, 2.75) is 58.0 Å². The molecule has 0 aliphatic carbocycles. The molecule has 1 heterocycles. The second-order valence-corrected chi connectivity index (χ2v) is 5.43. The Balaban J connectivity index is 2.68. The maximum absolute atomic E-state index is 12.0. The van der Waals surface area contributed by atoms with Crippen LogP contribution in [0.15, 0.2) is 0 Å². The van der Waals surface area contributed by atoms with Crippen LogP contribution in [0.25, 0.3) is 0 Å². The van der Waals surface area contributed by atoms with E-state index in [-0.39, 0.29) is 5.97 Å². The average Bonchev–Trinajstić information content (AvgIpc) is 2.82. The smallest absolute Gasteiger partial charge is 0.327 e. The normalized spacial score (nSPS) is 23.9. The topological polar surface area (TPSA) is 41.6 Å². The molecule has 0 bridgehead atoms. The van der Waals surface area contributed by atoms with Gasteiger partial charge in [0.05, 0.1) is 7.11 Å². The number of carbonyl (C=O) groups excluding carboxylic acids is 1. The van der Waals surface area contributed by atoms with E-state index in [0.717, 1.165) is 32.5 Å². The summed E-state index contributed by atoms with van der Waals surface area (Å²) in [6, 6.07) is 0.623. The third-order valence-electron chi connectivity index (χ3n) is 3.89. The van der Waals surface area contributed by atoms with Crippen LogP contribution >= 0.6 is 0 Å². The Labute approximate surface area is 111 Å². The number of esters is 1. The highest BCUT2D eigenvalue weighted by Crippen LogP contribution is 2.22. The van der Waals surface area contributed by atoms with Crippen molar-refractivity contribution in [3.8, 4) is 0 Å². The summed E-state index contributed by atoms with van der Waals surface area (Å²) < 4.78 is 4.96. The molecule has 1 aliphatic rings. The Bertz CT molecular complexity index is 271. The molecule has 0 spiro atoms. The first kappa shape index (κ1) is 15.4. The summed E-state index contributed by atoms with van der Waals surface area (Å²) >= 11 is 0. The van der Waals surface area contributed by atoms with Gasteiger partial charge in [0.25, 0.3) is 0 Å². The molecular formula is C14H28N2O2. The highest BCUT2D eigenvalue weighted by atomic mass is 16.5. The molecular weight excluding hydrogens is 228 g/mol. The molecule has 4 heteroatoms. The van der Waals surface area contributed by atoms with E-state index >= 15 is 0 Å². The number of carbonyl (C=O) groups is 1. The number of rotatable bonds is 7. The van der Waals surface area contributed by atoms with E-state index in [4.69, 9.17) is 4.74 Å². The molecule has 1 fully saturated rings. The van der Waals surface area contributed by atoms with Gasteiger partial charge in [0.1, 0.15) is 5.54 Å². The Morgan fingerprint density at radius 1 is 1.50 bits per heavy atom. The average molecular weight is 256 g/mol. The maximum Gasteiger partial charge on any atom is 0.327 e. The first-order valence-corrected chi connectivity index (χ1v) is 7.14. The molecule has 0 aromatic rings. The predicted molar refractivity (Wildman–Crippen MR) is 73.6 cm³/mol. The number of ether oxygens (including phenoxy) is 1. The summed E-state index contributed by atoms with van der Waals surface area (Å²) in [6.45, 7) is 8.97. The number of hydrogen-bond donors (Lipinski definition) is 1. The van der Waals surface area contributed by atoms with Crippen LogP contribution in [0.5, 0.6) is 0 Å². The monoisotopic (exact) mass is 256 g/mol. The molecule has 18 heavy (non-hydrogen) atoms. The van der Waals surface area contributed by atoms with Gasteiger partial charge in [0, 0.05) is 12.6 Å². The predicted octanol–water partition coefficient (Wildman–Crippen LogP) is 1.79. The lowest BCUT2D eigenvalue weighted by atomic mass is 10.0. The van der Waals surface area contributed by atoms with Crippen LogP contribution in [0, 0.1) is 0 Å². The summed E-state index contributed by atoms with van der Waals surface area (Å²) in [5, 5.41) is 3.35. The van der Waals surface area contributed by atoms with Gasteiger partial charge in [-0.3, -0.25) is 9.69 Å². The number of nitrogens with zero attached hydrogens (tertiary/aromatic N) is 1. The van der Waals surface area contributed by atoms with Crippen LogP contribution in [0.1, 0.15) is 46.5 Å². The third-order valence-corrected chi connectivity index (χ3v) is 3.89. The lowest BCUT2D eigenvalue weighted by Gasteiger charge is -2.34. The number of likely N-dealkylation sites (tertiary alicyclic amines) is 1. The minimum absolute atomic E-state index is 0.155. The molecule has 2 atom stereocenters. The molecule has 1 N–H and O–H groups in total. The Hall–Kier alpha value is -0.610. The van der Waals surface area contributed by atoms with Gasteiger partial charge >= 0.3 is 5.97 Å². The zero-order valence-electron chi connectivity index (χ0n) is 12.3. The van der Waals surface area contributed by atoms with E-state index in [1.165, 1.54) is 20.0 Å². The van der Waals surface area contributed by atoms with Gasteiger partial charge < -0.3 is 10.1 Å². The van der Waals surface area contributed by atoms with Crippen molar-refractivity contribution < 1.29 is 9.53 Å². The van der Waals surface area contributed by atoms with Crippen LogP contribution in [0.3, 0.4) is 0 Å². The van der Waals surface area contributed by atoms with Gasteiger partial charge in [0.15, 0.2) is 0 Å². The van der Waals surface area contributed by atoms with Gasteiger partial charge in [-0.1, -0.05) is 13.8 Å². The Kier molecular flexibility index (Phi) is 6.09. The van der Waals surface area contributed by atoms with Crippen LogP contribution in [0.2, 0.25) is 0 Å². The second kappa shape index (κ2) is 7.10. The first-order chi connectivity index (χ1) is 8.57. The fourth-order valence-corrected chi connectivity index (χ4v) is 2.79. The minimum atomic E-state index is -0.581. The van der Waals surface area contributed by atoms with Crippen LogP contribution < -0.4 is 5.32 Å². The number of nitrogens with one attached hydrogen (secondary N) is 1. The Morgan fingerprint density at radius 2 is 2.22 bits per heavy atom. The van der Waals surface area contributed by atoms with Crippen molar-refractivity contribution in [1.29, 1.82) is 0 Å². The summed E-state index contributed by atoms with van der Waals surface area (Å²) in [7, 11) is 1.47. The quantitative estimate of drug-likeness (QED) is 0.705. The second-order valence-electron chi connectivity index (χ2n) is 5.43. The van der Waals surface area contributed by atoms with Crippen LogP contribution in [0.4, 0.5) is 0 Å². The lowest BCUT2D eigenvalue weighted by Crippen LogP contribution is -2.58. The summed E-state index contributed by atoms with van der Waals surface area (Å²) in [5.41, 5.74) is -0.581. The highest BCUT2D eigenvalue weighted by molar-refractivity contribution is 5.80. The van der Waals surface area contributed by atoms with Crippen molar-refractivity contribution in [3.05, 3.63) is 0 Å². The molecule has 0 radical (unpaired) electrons. The molecule has 0 aromatic carbocycles. The first-order valence-electron chi connectivity index (χ1n) is 7.14. The maximum atomic E-state index is 12.0. The molecule has 2 unspecified atom stereocenters. The lowest BCUT2D eigenvalue weighted by molar-refractivity contribution is -0.148. The number of hydrogen-bond acceptors (Lipinski definition) is 4.